The lowest BCUT2D eigenvalue weighted by atomic mass is 9.97. The summed E-state index contributed by atoms with van der Waals surface area (Å²) in [6.07, 6.45) is 5.30. The van der Waals surface area contributed by atoms with Crippen molar-refractivity contribution in [3.8, 4) is 12.5 Å². The Hall–Kier alpha value is -3.79. The second kappa shape index (κ2) is 12.0. The number of terminal acetylenes is 1. The maximum absolute atomic E-state index is 14.0. The number of nitrogens with zero attached hydrogens (tertiary/aromatic N) is 1. The molecule has 198 valence electrons. The first-order chi connectivity index (χ1) is 17.1. The van der Waals surface area contributed by atoms with Crippen LogP contribution >= 0.6 is 0 Å². The van der Waals surface area contributed by atoms with Crippen LogP contribution in [0.3, 0.4) is 0 Å². The largest absolute Gasteiger partial charge is 0.444 e. The van der Waals surface area contributed by atoms with Gasteiger partial charge in [0.05, 0.1) is 0 Å². The van der Waals surface area contributed by atoms with Crippen molar-refractivity contribution in [2.45, 2.75) is 85.0 Å². The number of amides is 3. The number of nitrogens with one attached hydrogen (secondary N) is 2. The molecule has 2 N–H and O–H groups in total. The van der Waals surface area contributed by atoms with E-state index in [-0.39, 0.29) is 6.42 Å². The molecule has 0 heterocycles. The Morgan fingerprint density at radius 3 is 2.03 bits per heavy atom. The molecular weight excluding hydrogens is 466 g/mol. The highest BCUT2D eigenvalue weighted by Gasteiger charge is 2.37. The maximum atomic E-state index is 14.0. The molecule has 0 saturated carbocycles. The molecule has 7 heteroatoms. The summed E-state index contributed by atoms with van der Waals surface area (Å²) in [4.78, 5) is 41.3. The van der Waals surface area contributed by atoms with Crippen molar-refractivity contribution in [3.05, 3.63) is 70.8 Å². The van der Waals surface area contributed by atoms with Gasteiger partial charge >= 0.3 is 6.09 Å². The van der Waals surface area contributed by atoms with Gasteiger partial charge in [0.1, 0.15) is 17.7 Å². The van der Waals surface area contributed by atoms with Crippen molar-refractivity contribution in [1.29, 1.82) is 0 Å². The SMILES string of the molecule is C#CN(C(=O)C(Cc1ccccc1)NC(=O)OC(C)(C)C)C(C(=O)NC(C)(C)C)c1cc(C)cc(C)c1. The molecule has 2 aromatic rings. The molecule has 0 bridgehead atoms. The van der Waals surface area contributed by atoms with Crippen LogP contribution in [0.15, 0.2) is 48.5 Å². The number of carbonyl (C=O) groups is 3. The second-order valence-electron chi connectivity index (χ2n) is 11.3. The Morgan fingerprint density at radius 2 is 1.54 bits per heavy atom. The summed E-state index contributed by atoms with van der Waals surface area (Å²) >= 11 is 0. The smallest absolute Gasteiger partial charge is 0.408 e. The quantitative estimate of drug-likeness (QED) is 0.417. The van der Waals surface area contributed by atoms with Crippen molar-refractivity contribution >= 4 is 17.9 Å². The first kappa shape index (κ1) is 29.4. The van der Waals surface area contributed by atoms with E-state index in [1.165, 1.54) is 0 Å². The molecule has 0 fully saturated rings. The molecule has 2 rings (SSSR count). The lowest BCUT2D eigenvalue weighted by molar-refractivity contribution is -0.139. The number of rotatable bonds is 7. The lowest BCUT2D eigenvalue weighted by Crippen LogP contribution is -2.53. The van der Waals surface area contributed by atoms with E-state index in [2.05, 4.69) is 16.7 Å². The van der Waals surface area contributed by atoms with E-state index in [0.717, 1.165) is 21.6 Å². The van der Waals surface area contributed by atoms with E-state index in [1.54, 1.807) is 20.8 Å². The van der Waals surface area contributed by atoms with E-state index in [1.807, 2.05) is 83.1 Å². The van der Waals surface area contributed by atoms with E-state index in [0.29, 0.717) is 5.56 Å². The van der Waals surface area contributed by atoms with Gasteiger partial charge < -0.3 is 15.4 Å². The van der Waals surface area contributed by atoms with Gasteiger partial charge in [-0.05, 0) is 66.5 Å². The van der Waals surface area contributed by atoms with Crippen molar-refractivity contribution < 1.29 is 19.1 Å². The van der Waals surface area contributed by atoms with Crippen LogP contribution in [-0.2, 0) is 20.7 Å². The first-order valence-corrected chi connectivity index (χ1v) is 12.3. The third-order valence-corrected chi connectivity index (χ3v) is 5.21. The summed E-state index contributed by atoms with van der Waals surface area (Å²) in [5.41, 5.74) is 1.94. The monoisotopic (exact) mass is 505 g/mol. The summed E-state index contributed by atoms with van der Waals surface area (Å²) in [6, 6.07) is 15.2. The van der Waals surface area contributed by atoms with Crippen LogP contribution in [0.1, 0.15) is 69.8 Å². The van der Waals surface area contributed by atoms with Crippen LogP contribution in [0.2, 0.25) is 0 Å². The fourth-order valence-electron chi connectivity index (χ4n) is 3.96. The molecule has 2 unspecified atom stereocenters. The average molecular weight is 506 g/mol. The lowest BCUT2D eigenvalue weighted by Gasteiger charge is -2.32. The Bertz CT molecular complexity index is 1130. The zero-order valence-corrected chi connectivity index (χ0v) is 23.1. The molecular formula is C30H39N3O4. The highest BCUT2D eigenvalue weighted by atomic mass is 16.6. The second-order valence-corrected chi connectivity index (χ2v) is 11.3. The summed E-state index contributed by atoms with van der Waals surface area (Å²) in [6.45, 7) is 14.6. The zero-order chi connectivity index (χ0) is 28.0. The summed E-state index contributed by atoms with van der Waals surface area (Å²) in [5, 5.41) is 5.62. The van der Waals surface area contributed by atoms with Gasteiger partial charge in [0.25, 0.3) is 5.91 Å². The Balaban J connectivity index is 2.54. The van der Waals surface area contributed by atoms with Crippen molar-refractivity contribution in [3.63, 3.8) is 0 Å². The van der Waals surface area contributed by atoms with Gasteiger partial charge in [-0.15, -0.1) is 0 Å². The van der Waals surface area contributed by atoms with Crippen molar-refractivity contribution in [2.24, 2.45) is 0 Å². The Morgan fingerprint density at radius 1 is 0.973 bits per heavy atom. The molecule has 0 aliphatic carbocycles. The third-order valence-electron chi connectivity index (χ3n) is 5.21. The van der Waals surface area contributed by atoms with E-state index in [9.17, 15) is 14.4 Å². The van der Waals surface area contributed by atoms with Crippen molar-refractivity contribution in [2.75, 3.05) is 0 Å². The van der Waals surface area contributed by atoms with Gasteiger partial charge in [-0.2, -0.15) is 0 Å². The normalized spacial score (nSPS) is 13.1. The van der Waals surface area contributed by atoms with Gasteiger partial charge in [-0.1, -0.05) is 66.1 Å². The highest BCUT2D eigenvalue weighted by molar-refractivity contribution is 5.93. The number of benzene rings is 2. The predicted molar refractivity (Wildman–Crippen MR) is 146 cm³/mol. The van der Waals surface area contributed by atoms with Crippen LogP contribution in [0.4, 0.5) is 4.79 Å². The minimum atomic E-state index is -1.10. The van der Waals surface area contributed by atoms with E-state index in [4.69, 9.17) is 11.2 Å². The number of ether oxygens (including phenoxy) is 1. The minimum absolute atomic E-state index is 0.164. The van der Waals surface area contributed by atoms with Gasteiger partial charge in [-0.3, -0.25) is 14.5 Å². The number of carbonyl (C=O) groups excluding carboxylic acids is 3. The van der Waals surface area contributed by atoms with Gasteiger partial charge in [0.15, 0.2) is 0 Å². The summed E-state index contributed by atoms with van der Waals surface area (Å²) in [5.74, 6) is -1.01. The highest BCUT2D eigenvalue weighted by Crippen LogP contribution is 2.26. The number of alkyl carbamates (subject to hydrolysis) is 1. The Labute approximate surface area is 221 Å². The molecule has 3 amide bonds. The molecule has 2 aromatic carbocycles. The van der Waals surface area contributed by atoms with Gasteiger partial charge in [0.2, 0.25) is 5.91 Å². The molecule has 0 aromatic heterocycles. The molecule has 2 atom stereocenters. The molecule has 0 saturated heterocycles. The average Bonchev–Trinajstić information content (AvgIpc) is 2.73. The predicted octanol–water partition coefficient (Wildman–Crippen LogP) is 4.81. The first-order valence-electron chi connectivity index (χ1n) is 12.3. The molecule has 0 radical (unpaired) electrons. The number of hydrogen-bond acceptors (Lipinski definition) is 4. The summed E-state index contributed by atoms with van der Waals surface area (Å²) in [7, 11) is 0. The molecule has 0 aliphatic heterocycles. The maximum Gasteiger partial charge on any atom is 0.408 e. The van der Waals surface area contributed by atoms with Gasteiger partial charge in [0, 0.05) is 18.0 Å². The van der Waals surface area contributed by atoms with Crippen LogP contribution in [-0.4, -0.2) is 40.0 Å². The number of aryl methyl sites for hydroxylation is 2. The summed E-state index contributed by atoms with van der Waals surface area (Å²) < 4.78 is 5.41. The van der Waals surface area contributed by atoms with Crippen LogP contribution < -0.4 is 10.6 Å². The fourth-order valence-corrected chi connectivity index (χ4v) is 3.96. The van der Waals surface area contributed by atoms with Crippen LogP contribution in [0, 0.1) is 26.3 Å². The van der Waals surface area contributed by atoms with Crippen LogP contribution in [0.25, 0.3) is 0 Å². The van der Waals surface area contributed by atoms with Crippen LogP contribution in [0.5, 0.6) is 0 Å². The minimum Gasteiger partial charge on any atom is -0.444 e. The molecule has 37 heavy (non-hydrogen) atoms. The van der Waals surface area contributed by atoms with Gasteiger partial charge in [-0.25, -0.2) is 4.79 Å². The third kappa shape index (κ3) is 9.30. The molecule has 0 spiro atoms. The standard InChI is InChI=1S/C30H39N3O4/c1-10-33(25(26(34)32-29(4,5)6)23-17-20(2)16-21(3)18-23)27(35)24(19-22-14-12-11-13-15-22)31-28(36)37-30(7,8)9/h1,11-18,24-25H,19H2,2-9H3,(H,31,36)(H,32,34). The van der Waals surface area contributed by atoms with E-state index < -0.39 is 41.1 Å². The van der Waals surface area contributed by atoms with E-state index >= 15 is 0 Å². The zero-order valence-electron chi connectivity index (χ0n) is 23.1. The molecule has 7 nitrogen and oxygen atoms in total. The molecule has 0 aliphatic rings. The topological polar surface area (TPSA) is 87.7 Å². The fraction of sp³-hybridized carbons (Fsp3) is 0.433. The van der Waals surface area contributed by atoms with Crippen molar-refractivity contribution in [1.82, 2.24) is 15.5 Å². The Kier molecular flexibility index (Phi) is 9.52. The number of hydrogen-bond donors (Lipinski definition) is 2.